The summed E-state index contributed by atoms with van der Waals surface area (Å²) < 4.78 is 14.1. The summed E-state index contributed by atoms with van der Waals surface area (Å²) in [6, 6.07) is 0.267. The Hall–Kier alpha value is 0.104. The Morgan fingerprint density at radius 1 is 0.905 bits per heavy atom. The van der Waals surface area contributed by atoms with Crippen molar-refractivity contribution < 1.29 is 37.6 Å². The quantitative estimate of drug-likeness (QED) is 0.205. The standard InChI is InChI=1S/C13H19IN2O2.C13H20N2O2.C2H4I.CH4.2H2S.V/c1-13(2,3)18-12(17)16-6-4-5-11(16)10-7-9(14)8-15-10;1-13(2,3)17-12(16)15-9-5-7-11(15)10-6-4-8-14-10;1-2-3;;;;/h8,11H,4-7H2,1-3H3;4,8,11H,5-7,9H2,1-3H3;2H,1H3;1H4;2*1H2;/q;;-1;;;;/t2*11-;;;;;/m00...../s1. The van der Waals surface area contributed by atoms with Crippen molar-refractivity contribution in [2.45, 2.75) is 118 Å². The van der Waals surface area contributed by atoms with Gasteiger partial charge in [-0.05, 0) is 89.8 Å². The van der Waals surface area contributed by atoms with Gasteiger partial charge in [-0.2, -0.15) is 33.9 Å². The van der Waals surface area contributed by atoms with Gasteiger partial charge >= 0.3 is 12.2 Å². The van der Waals surface area contributed by atoms with Crippen molar-refractivity contribution >= 4 is 95.8 Å². The summed E-state index contributed by atoms with van der Waals surface area (Å²) in [5, 5.41) is 0. The van der Waals surface area contributed by atoms with Gasteiger partial charge in [0.15, 0.2) is 0 Å². The molecule has 8 nitrogen and oxygen atoms in total. The monoisotopic (exact) mass is 888 g/mol. The van der Waals surface area contributed by atoms with Crippen LogP contribution in [0, 0.1) is 4.43 Å². The van der Waals surface area contributed by atoms with Crippen LogP contribution in [0.5, 0.6) is 0 Å². The minimum absolute atomic E-state index is 0. The molecule has 4 aliphatic heterocycles. The third kappa shape index (κ3) is 15.9. The van der Waals surface area contributed by atoms with Crippen LogP contribution in [0.1, 0.15) is 94.4 Å². The van der Waals surface area contributed by atoms with Gasteiger partial charge < -0.3 is 32.1 Å². The number of allylic oxidation sites excluding steroid dienone is 2. The summed E-state index contributed by atoms with van der Waals surface area (Å²) >= 11 is 4.46. The SMILES string of the molecule is C.CC(C)(C)OC(=O)N1CCC[C@H]1C1=NC=C(I)C1.CC(C)(C)OC(=O)N1CCC[C@H]1C1=NC=CC1.C[CH-]I.S.S.[V]. The molecule has 0 bridgehead atoms. The number of ether oxygens (including phenoxy) is 2. The van der Waals surface area contributed by atoms with Crippen molar-refractivity contribution in [1.82, 2.24) is 9.80 Å². The fourth-order valence-corrected chi connectivity index (χ4v) is 5.05. The van der Waals surface area contributed by atoms with Gasteiger partial charge in [0, 0.05) is 71.9 Å². The van der Waals surface area contributed by atoms with E-state index in [0.29, 0.717) is 0 Å². The van der Waals surface area contributed by atoms with Crippen molar-refractivity contribution in [3.05, 3.63) is 26.5 Å². The van der Waals surface area contributed by atoms with Crippen LogP contribution in [0.15, 0.2) is 32.0 Å². The number of rotatable bonds is 2. The molecule has 42 heavy (non-hydrogen) atoms. The largest absolute Gasteiger partial charge is 0.444 e. The second-order valence-corrected chi connectivity index (χ2v) is 14.1. The Morgan fingerprint density at radius 3 is 1.67 bits per heavy atom. The van der Waals surface area contributed by atoms with E-state index in [1.165, 1.54) is 3.58 Å². The van der Waals surface area contributed by atoms with Crippen molar-refractivity contribution in [3.63, 3.8) is 0 Å². The first-order valence-corrected chi connectivity index (χ1v) is 15.6. The summed E-state index contributed by atoms with van der Waals surface area (Å²) in [7, 11) is 0. The molecule has 0 aromatic carbocycles. The van der Waals surface area contributed by atoms with E-state index in [-0.39, 0.29) is 77.2 Å². The number of carbonyl (C=O) groups excluding carboxylic acids is 2. The molecule has 2 atom stereocenters. The van der Waals surface area contributed by atoms with Crippen LogP contribution in [0.4, 0.5) is 9.59 Å². The van der Waals surface area contributed by atoms with Crippen molar-refractivity contribution in [2.24, 2.45) is 9.98 Å². The molecular formula is C29H51I2N4O4S2V-. The topological polar surface area (TPSA) is 83.8 Å². The second-order valence-electron chi connectivity index (χ2n) is 11.5. The molecule has 4 rings (SSSR count). The Bertz CT molecular complexity index is 966. The van der Waals surface area contributed by atoms with Gasteiger partial charge in [0.2, 0.25) is 0 Å². The van der Waals surface area contributed by atoms with E-state index in [9.17, 15) is 9.59 Å². The number of hydrogen-bond acceptors (Lipinski definition) is 6. The third-order valence-electron chi connectivity index (χ3n) is 5.92. The maximum atomic E-state index is 12.1. The van der Waals surface area contributed by atoms with Crippen LogP contribution < -0.4 is 0 Å². The maximum absolute atomic E-state index is 12.1. The molecule has 13 heteroatoms. The number of hydrogen-bond donors (Lipinski definition) is 0. The van der Waals surface area contributed by atoms with Crippen molar-refractivity contribution in [3.8, 4) is 0 Å². The minimum Gasteiger partial charge on any atom is -0.444 e. The van der Waals surface area contributed by atoms with Crippen LogP contribution in [0.25, 0.3) is 0 Å². The van der Waals surface area contributed by atoms with Crippen LogP contribution in [0.2, 0.25) is 0 Å². The zero-order valence-electron chi connectivity index (χ0n) is 25.2. The second kappa shape index (κ2) is 21.8. The number of aliphatic imine (C=N–C) groups is 2. The van der Waals surface area contributed by atoms with Gasteiger partial charge in [-0.3, -0.25) is 24.2 Å². The summed E-state index contributed by atoms with van der Waals surface area (Å²) in [4.78, 5) is 36.6. The van der Waals surface area contributed by atoms with E-state index in [4.69, 9.17) is 9.47 Å². The molecule has 243 valence electrons. The predicted octanol–water partition coefficient (Wildman–Crippen LogP) is 8.71. The molecular weight excluding hydrogens is 837 g/mol. The van der Waals surface area contributed by atoms with E-state index in [0.717, 1.165) is 63.0 Å². The van der Waals surface area contributed by atoms with Gasteiger partial charge in [-0.15, -0.1) is 0 Å². The molecule has 0 aromatic rings. The molecule has 0 N–H and O–H groups in total. The first-order valence-electron chi connectivity index (χ1n) is 13.3. The maximum Gasteiger partial charge on any atom is 0.410 e. The van der Waals surface area contributed by atoms with Crippen LogP contribution in [0.3, 0.4) is 0 Å². The number of carbonyl (C=O) groups is 2. The minimum atomic E-state index is -0.436. The summed E-state index contributed by atoms with van der Waals surface area (Å²) in [5.41, 5.74) is 1.32. The van der Waals surface area contributed by atoms with Crippen molar-refractivity contribution in [1.29, 1.82) is 0 Å². The number of halogens is 2. The summed E-state index contributed by atoms with van der Waals surface area (Å²) in [6.07, 6.45) is 11.1. The van der Waals surface area contributed by atoms with Gasteiger partial charge in [-0.25, -0.2) is 9.59 Å². The Labute approximate surface area is 307 Å². The molecule has 0 spiro atoms. The summed E-state index contributed by atoms with van der Waals surface area (Å²) in [5.74, 6) is 0. The van der Waals surface area contributed by atoms with Gasteiger partial charge in [0.25, 0.3) is 0 Å². The van der Waals surface area contributed by atoms with E-state index in [1.807, 2.05) is 81.2 Å². The van der Waals surface area contributed by atoms with Crippen LogP contribution in [-0.4, -0.2) is 69.8 Å². The van der Waals surface area contributed by atoms with Gasteiger partial charge in [0.05, 0.1) is 12.1 Å². The number of nitrogens with zero attached hydrogens (tertiary/aromatic N) is 4. The first kappa shape index (κ1) is 46.5. The van der Waals surface area contributed by atoms with E-state index in [2.05, 4.69) is 55.2 Å². The average molecular weight is 889 g/mol. The molecule has 2 saturated heterocycles. The normalized spacial score (nSPS) is 20.5. The number of likely N-dealkylation sites (tertiary alicyclic amines) is 2. The molecule has 2 amide bonds. The van der Waals surface area contributed by atoms with Gasteiger partial charge in [0.1, 0.15) is 11.2 Å². The van der Waals surface area contributed by atoms with Crippen molar-refractivity contribution in [2.75, 3.05) is 13.1 Å². The summed E-state index contributed by atoms with van der Waals surface area (Å²) in [6.45, 7) is 14.9. The molecule has 0 saturated carbocycles. The molecule has 4 heterocycles. The molecule has 0 unspecified atom stereocenters. The van der Waals surface area contributed by atoms with Crippen LogP contribution >= 0.6 is 72.2 Å². The van der Waals surface area contributed by atoms with E-state index < -0.39 is 11.2 Å². The van der Waals surface area contributed by atoms with E-state index >= 15 is 0 Å². The van der Waals surface area contributed by atoms with Crippen LogP contribution in [-0.2, 0) is 28.0 Å². The fourth-order valence-electron chi connectivity index (χ4n) is 4.52. The molecule has 0 aromatic heterocycles. The Balaban J connectivity index is -0.000000610. The third-order valence-corrected chi connectivity index (χ3v) is 6.58. The zero-order valence-corrected chi connectivity index (χ0v) is 33.0. The molecule has 0 aliphatic carbocycles. The van der Waals surface area contributed by atoms with E-state index in [1.54, 1.807) is 0 Å². The zero-order chi connectivity index (χ0) is 28.5. The molecule has 1 radical (unpaired) electrons. The molecule has 4 aliphatic rings. The predicted molar refractivity (Wildman–Crippen MR) is 199 cm³/mol. The smallest absolute Gasteiger partial charge is 0.410 e. The Morgan fingerprint density at radius 2 is 1.33 bits per heavy atom. The molecule has 2 fully saturated rings. The Kier molecular flexibility index (Phi) is 24.1. The number of amides is 2. The van der Waals surface area contributed by atoms with Gasteiger partial charge in [-0.1, -0.05) is 13.5 Å². The fraction of sp³-hybridized carbons (Fsp3) is 0.690. The first-order chi connectivity index (χ1) is 17.8. The average Bonchev–Trinajstić information content (AvgIpc) is 3.58.